The van der Waals surface area contributed by atoms with Gasteiger partial charge < -0.3 is 0 Å². The van der Waals surface area contributed by atoms with Gasteiger partial charge >= 0.3 is 0 Å². The van der Waals surface area contributed by atoms with E-state index in [0.29, 0.717) is 11.3 Å². The second kappa shape index (κ2) is 8.41. The summed E-state index contributed by atoms with van der Waals surface area (Å²) in [5, 5.41) is 31.1. The number of amidine groups is 1. The molecule has 1 aliphatic rings. The highest BCUT2D eigenvalue weighted by Crippen LogP contribution is 2.25. The number of non-ortho nitro benzene ring substituents is 2. The molecule has 1 aliphatic heterocycles. The van der Waals surface area contributed by atoms with E-state index in [1.54, 1.807) is 12.1 Å². The van der Waals surface area contributed by atoms with Crippen molar-refractivity contribution in [1.29, 1.82) is 5.26 Å². The molecule has 1 heterocycles. The Hall–Kier alpha value is -3.91. The molecule has 2 aromatic carbocycles. The molecule has 0 saturated heterocycles. The number of carbonyl (C=O) groups is 1. The quantitative estimate of drug-likeness (QED) is 0.542. The zero-order valence-corrected chi connectivity index (χ0v) is 15.4. The van der Waals surface area contributed by atoms with Crippen LogP contribution in [0.2, 0.25) is 0 Å². The molecule has 0 aliphatic carbocycles. The Balaban J connectivity index is 1.85. The highest BCUT2D eigenvalue weighted by atomic mass is 32.2. The molecule has 0 spiro atoms. The summed E-state index contributed by atoms with van der Waals surface area (Å²) in [6.07, 6.45) is 0. The van der Waals surface area contributed by atoms with Crippen LogP contribution >= 0.6 is 11.8 Å². The van der Waals surface area contributed by atoms with Gasteiger partial charge in [-0.3, -0.25) is 25.0 Å². The third kappa shape index (κ3) is 4.50. The number of benzene rings is 2. The Morgan fingerprint density at radius 1 is 1.03 bits per heavy atom. The molecular weight excluding hydrogens is 398 g/mol. The number of nitrogens with zero attached hydrogens (tertiary/aromatic N) is 5. The maximum absolute atomic E-state index is 12.3. The smallest absolute Gasteiger partial charge is 0.271 e. The van der Waals surface area contributed by atoms with Gasteiger partial charge in [-0.1, -0.05) is 36.0 Å². The summed E-state index contributed by atoms with van der Waals surface area (Å²) in [4.78, 5) is 41.0. The minimum atomic E-state index is -1.25. The number of amides is 1. The van der Waals surface area contributed by atoms with Crippen LogP contribution < -0.4 is 0 Å². The van der Waals surface area contributed by atoms with Gasteiger partial charge in [0.15, 0.2) is 11.1 Å². The molecule has 0 aromatic heterocycles. The average molecular weight is 409 g/mol. The number of rotatable bonds is 5. The molecule has 3 rings (SSSR count). The third-order valence-corrected chi connectivity index (χ3v) is 4.86. The summed E-state index contributed by atoms with van der Waals surface area (Å²) in [5.74, 6) is -1.61. The van der Waals surface area contributed by atoms with E-state index in [9.17, 15) is 30.3 Å². The molecule has 11 heteroatoms. The van der Waals surface area contributed by atoms with Crippen LogP contribution in [0.3, 0.4) is 0 Å². The van der Waals surface area contributed by atoms with Crippen molar-refractivity contribution in [2.75, 3.05) is 0 Å². The zero-order valence-electron chi connectivity index (χ0n) is 14.6. The maximum Gasteiger partial charge on any atom is 0.271 e. The molecule has 29 heavy (non-hydrogen) atoms. The van der Waals surface area contributed by atoms with Crippen LogP contribution in [0.5, 0.6) is 0 Å². The SMILES string of the molecule is N#CC1C(=O)N=C(SCc2ccc([N+](=O)[O-])cc2)N=C1c1cccc([N+](=O)[O-])c1. The number of nitriles is 1. The number of nitro benzene ring substituents is 2. The molecule has 2 aromatic rings. The molecule has 0 N–H and O–H groups in total. The predicted octanol–water partition coefficient (Wildman–Crippen LogP) is 3.26. The lowest BCUT2D eigenvalue weighted by Gasteiger charge is -2.15. The van der Waals surface area contributed by atoms with Gasteiger partial charge in [0.25, 0.3) is 17.3 Å². The van der Waals surface area contributed by atoms with Gasteiger partial charge in [-0.05, 0) is 5.56 Å². The Morgan fingerprint density at radius 3 is 2.34 bits per heavy atom. The number of hydrogen-bond acceptors (Lipinski definition) is 8. The van der Waals surface area contributed by atoms with E-state index < -0.39 is 21.7 Å². The van der Waals surface area contributed by atoms with Crippen molar-refractivity contribution in [3.63, 3.8) is 0 Å². The summed E-state index contributed by atoms with van der Waals surface area (Å²) >= 11 is 1.12. The van der Waals surface area contributed by atoms with Crippen LogP contribution in [0.1, 0.15) is 11.1 Å². The second-order valence-corrected chi connectivity index (χ2v) is 6.75. The summed E-state index contributed by atoms with van der Waals surface area (Å²) in [7, 11) is 0. The van der Waals surface area contributed by atoms with Crippen molar-refractivity contribution in [2.24, 2.45) is 15.9 Å². The van der Waals surface area contributed by atoms with Gasteiger partial charge in [0.05, 0.1) is 21.6 Å². The van der Waals surface area contributed by atoms with Crippen molar-refractivity contribution in [3.05, 3.63) is 79.9 Å². The number of thioether (sulfide) groups is 1. The molecule has 1 unspecified atom stereocenters. The first-order valence-electron chi connectivity index (χ1n) is 8.10. The summed E-state index contributed by atoms with van der Waals surface area (Å²) in [6.45, 7) is 0. The lowest BCUT2D eigenvalue weighted by atomic mass is 9.96. The monoisotopic (exact) mass is 409 g/mol. The summed E-state index contributed by atoms with van der Waals surface area (Å²) in [6, 6.07) is 13.3. The van der Waals surface area contributed by atoms with Crippen LogP contribution in [0.15, 0.2) is 58.5 Å². The van der Waals surface area contributed by atoms with E-state index in [1.807, 2.05) is 6.07 Å². The molecule has 0 radical (unpaired) electrons. The maximum atomic E-state index is 12.3. The molecule has 1 atom stereocenters. The van der Waals surface area contributed by atoms with E-state index in [0.717, 1.165) is 17.3 Å². The fourth-order valence-electron chi connectivity index (χ4n) is 2.52. The highest BCUT2D eigenvalue weighted by molar-refractivity contribution is 8.13. The molecule has 144 valence electrons. The Morgan fingerprint density at radius 2 is 1.72 bits per heavy atom. The van der Waals surface area contributed by atoms with Gasteiger partial charge in [0, 0.05) is 35.6 Å². The van der Waals surface area contributed by atoms with Gasteiger partial charge in [-0.25, -0.2) is 4.99 Å². The summed E-state index contributed by atoms with van der Waals surface area (Å²) in [5.41, 5.74) is 0.929. The fraction of sp³-hybridized carbons (Fsp3) is 0.111. The van der Waals surface area contributed by atoms with Crippen molar-refractivity contribution < 1.29 is 14.6 Å². The normalized spacial score (nSPS) is 15.8. The topological polar surface area (TPSA) is 152 Å². The predicted molar refractivity (Wildman–Crippen MR) is 106 cm³/mol. The van der Waals surface area contributed by atoms with Gasteiger partial charge in [-0.15, -0.1) is 0 Å². The van der Waals surface area contributed by atoms with Crippen molar-refractivity contribution in [3.8, 4) is 6.07 Å². The number of nitro groups is 2. The van der Waals surface area contributed by atoms with Crippen LogP contribution in [-0.2, 0) is 10.5 Å². The molecule has 1 amide bonds. The van der Waals surface area contributed by atoms with Crippen LogP contribution in [0.25, 0.3) is 0 Å². The first-order chi connectivity index (χ1) is 13.9. The molecule has 0 fully saturated rings. The molecule has 10 nitrogen and oxygen atoms in total. The Kier molecular flexibility index (Phi) is 5.75. The average Bonchev–Trinajstić information content (AvgIpc) is 2.72. The lowest BCUT2D eigenvalue weighted by Crippen LogP contribution is -2.27. The van der Waals surface area contributed by atoms with E-state index >= 15 is 0 Å². The summed E-state index contributed by atoms with van der Waals surface area (Å²) < 4.78 is 0. The minimum absolute atomic E-state index is 0.0354. The lowest BCUT2D eigenvalue weighted by molar-refractivity contribution is -0.385. The van der Waals surface area contributed by atoms with Crippen molar-refractivity contribution in [2.45, 2.75) is 5.75 Å². The van der Waals surface area contributed by atoms with Crippen LogP contribution in [0.4, 0.5) is 11.4 Å². The minimum Gasteiger partial charge on any atom is -0.271 e. The molecule has 0 bridgehead atoms. The molecular formula is C18H11N5O5S. The highest BCUT2D eigenvalue weighted by Gasteiger charge is 2.30. The zero-order chi connectivity index (χ0) is 21.0. The molecule has 0 saturated carbocycles. The van der Waals surface area contributed by atoms with E-state index in [1.165, 1.54) is 36.4 Å². The first kappa shape index (κ1) is 19.8. The number of aliphatic imine (C=N–C) groups is 2. The van der Waals surface area contributed by atoms with E-state index in [4.69, 9.17) is 0 Å². The van der Waals surface area contributed by atoms with Gasteiger partial charge in [0.1, 0.15) is 0 Å². The van der Waals surface area contributed by atoms with Crippen molar-refractivity contribution >= 4 is 39.9 Å². The van der Waals surface area contributed by atoms with E-state index in [-0.39, 0.29) is 22.3 Å². The number of carbonyl (C=O) groups excluding carboxylic acids is 1. The van der Waals surface area contributed by atoms with Gasteiger partial charge in [-0.2, -0.15) is 10.3 Å². The van der Waals surface area contributed by atoms with E-state index in [2.05, 4.69) is 9.98 Å². The third-order valence-electron chi connectivity index (χ3n) is 3.94. The van der Waals surface area contributed by atoms with Crippen LogP contribution in [-0.4, -0.2) is 26.6 Å². The van der Waals surface area contributed by atoms with Crippen LogP contribution in [0, 0.1) is 37.5 Å². The van der Waals surface area contributed by atoms with Gasteiger partial charge in [0.2, 0.25) is 0 Å². The number of hydrogen-bond donors (Lipinski definition) is 0. The van der Waals surface area contributed by atoms with Crippen molar-refractivity contribution in [1.82, 2.24) is 0 Å². The Bertz CT molecular complexity index is 1100. The Labute approximate surface area is 167 Å². The first-order valence-corrected chi connectivity index (χ1v) is 9.09. The largest absolute Gasteiger partial charge is 0.271 e. The fourth-order valence-corrected chi connectivity index (χ4v) is 3.33. The standard InChI is InChI=1S/C18H11N5O5S/c19-9-15-16(12-2-1-3-14(8-12)23(27)28)20-18(21-17(15)24)29-10-11-4-6-13(7-5-11)22(25)26/h1-8,15H,10H2. The second-order valence-electron chi connectivity index (χ2n) is 5.81.